The molecular weight excluding hydrogens is 342 g/mol. The zero-order chi connectivity index (χ0) is 19.1. The summed E-state index contributed by atoms with van der Waals surface area (Å²) in [6.07, 6.45) is 3.35. The van der Waals surface area contributed by atoms with Crippen molar-refractivity contribution in [3.05, 3.63) is 29.3 Å². The van der Waals surface area contributed by atoms with Crippen molar-refractivity contribution in [2.75, 3.05) is 31.9 Å². The lowest BCUT2D eigenvalue weighted by Crippen LogP contribution is -2.52. The van der Waals surface area contributed by atoms with Crippen molar-refractivity contribution in [3.8, 4) is 0 Å². The number of hydrogen-bond donors (Lipinski definition) is 1. The Hall–Kier alpha value is -2.08. The van der Waals surface area contributed by atoms with Crippen molar-refractivity contribution < 1.29 is 14.3 Å². The van der Waals surface area contributed by atoms with Gasteiger partial charge in [0.25, 0.3) is 5.91 Å². The van der Waals surface area contributed by atoms with Gasteiger partial charge in [-0.1, -0.05) is 26.0 Å². The molecule has 27 heavy (non-hydrogen) atoms. The highest BCUT2D eigenvalue weighted by atomic mass is 16.5. The third-order valence-corrected chi connectivity index (χ3v) is 6.29. The van der Waals surface area contributed by atoms with Crippen molar-refractivity contribution in [2.24, 2.45) is 5.92 Å². The molecule has 3 atom stereocenters. The van der Waals surface area contributed by atoms with Crippen LogP contribution in [0.4, 0.5) is 5.69 Å². The van der Waals surface area contributed by atoms with Crippen molar-refractivity contribution in [3.63, 3.8) is 0 Å². The minimum absolute atomic E-state index is 0.0179. The number of para-hydroxylation sites is 1. The molecule has 0 aromatic heterocycles. The van der Waals surface area contributed by atoms with Crippen molar-refractivity contribution in [1.29, 1.82) is 0 Å². The van der Waals surface area contributed by atoms with E-state index in [4.69, 9.17) is 10.5 Å². The van der Waals surface area contributed by atoms with Crippen LogP contribution in [0.5, 0.6) is 0 Å². The average Bonchev–Trinajstić information content (AvgIpc) is 3.30. The van der Waals surface area contributed by atoms with Crippen LogP contribution in [-0.2, 0) is 9.53 Å². The number of ether oxygens (including phenoxy) is 1. The molecule has 146 valence electrons. The number of nitrogens with zero attached hydrogens (tertiary/aromatic N) is 2. The first-order chi connectivity index (χ1) is 13.0. The van der Waals surface area contributed by atoms with Crippen molar-refractivity contribution >= 4 is 17.5 Å². The van der Waals surface area contributed by atoms with Gasteiger partial charge in [0, 0.05) is 31.9 Å². The van der Waals surface area contributed by atoms with Gasteiger partial charge in [0.2, 0.25) is 5.91 Å². The van der Waals surface area contributed by atoms with E-state index in [0.29, 0.717) is 37.4 Å². The van der Waals surface area contributed by atoms with Crippen LogP contribution in [0.15, 0.2) is 18.2 Å². The molecule has 0 radical (unpaired) electrons. The van der Waals surface area contributed by atoms with Gasteiger partial charge in [-0.15, -0.1) is 0 Å². The first kappa shape index (κ1) is 18.3. The summed E-state index contributed by atoms with van der Waals surface area (Å²) in [4.78, 5) is 29.5. The quantitative estimate of drug-likeness (QED) is 0.827. The third kappa shape index (κ3) is 3.31. The van der Waals surface area contributed by atoms with Crippen LogP contribution in [0.2, 0.25) is 0 Å². The van der Waals surface area contributed by atoms with Gasteiger partial charge < -0.3 is 20.3 Å². The highest BCUT2D eigenvalue weighted by Gasteiger charge is 2.46. The van der Waals surface area contributed by atoms with Crippen molar-refractivity contribution in [2.45, 2.75) is 51.2 Å². The second-order valence-corrected chi connectivity index (χ2v) is 8.30. The Morgan fingerprint density at radius 1 is 1.11 bits per heavy atom. The smallest absolute Gasteiger partial charge is 0.256 e. The lowest BCUT2D eigenvalue weighted by molar-refractivity contribution is -0.138. The normalized spacial score (nSPS) is 27.4. The zero-order valence-electron chi connectivity index (χ0n) is 16.2. The van der Waals surface area contributed by atoms with Crippen LogP contribution < -0.4 is 5.73 Å². The zero-order valence-corrected chi connectivity index (χ0v) is 16.2. The Morgan fingerprint density at radius 3 is 2.41 bits per heavy atom. The lowest BCUT2D eigenvalue weighted by atomic mass is 9.88. The van der Waals surface area contributed by atoms with Gasteiger partial charge in [-0.3, -0.25) is 9.59 Å². The van der Waals surface area contributed by atoms with Crippen molar-refractivity contribution in [1.82, 2.24) is 9.80 Å². The predicted molar refractivity (Wildman–Crippen MR) is 103 cm³/mol. The molecule has 0 saturated carbocycles. The monoisotopic (exact) mass is 371 g/mol. The topological polar surface area (TPSA) is 75.9 Å². The van der Waals surface area contributed by atoms with E-state index in [1.54, 1.807) is 6.07 Å². The number of anilines is 1. The van der Waals surface area contributed by atoms with Gasteiger partial charge in [-0.05, 0) is 36.8 Å². The highest BCUT2D eigenvalue weighted by molar-refractivity contribution is 6.00. The molecule has 3 unspecified atom stereocenters. The maximum atomic E-state index is 13.0. The van der Waals surface area contributed by atoms with Gasteiger partial charge in [0.1, 0.15) is 0 Å². The fourth-order valence-corrected chi connectivity index (χ4v) is 4.71. The number of carbonyl (C=O) groups excluding carboxylic acids is 2. The summed E-state index contributed by atoms with van der Waals surface area (Å²) in [5.74, 6) is 0.460. The van der Waals surface area contributed by atoms with E-state index in [-0.39, 0.29) is 35.9 Å². The Labute approximate surface area is 160 Å². The molecule has 3 fully saturated rings. The lowest BCUT2D eigenvalue weighted by Gasteiger charge is -2.37. The molecule has 1 aromatic rings. The molecule has 4 rings (SSSR count). The van der Waals surface area contributed by atoms with Crippen LogP contribution in [0.25, 0.3) is 0 Å². The molecule has 3 aliphatic rings. The average molecular weight is 371 g/mol. The fourth-order valence-electron chi connectivity index (χ4n) is 4.71. The molecule has 1 aromatic carbocycles. The Kier molecular flexibility index (Phi) is 4.84. The molecule has 6 heteroatoms. The molecule has 3 heterocycles. The number of fused-ring (bicyclic) bond motifs is 2. The Morgan fingerprint density at radius 2 is 1.81 bits per heavy atom. The molecule has 3 aliphatic heterocycles. The van der Waals surface area contributed by atoms with Gasteiger partial charge in [-0.25, -0.2) is 0 Å². The summed E-state index contributed by atoms with van der Waals surface area (Å²) in [5.41, 5.74) is 8.41. The summed E-state index contributed by atoms with van der Waals surface area (Å²) in [6, 6.07) is 5.67. The molecular formula is C21H29N3O3. The molecule has 2 amide bonds. The van der Waals surface area contributed by atoms with E-state index in [0.717, 1.165) is 24.8 Å². The van der Waals surface area contributed by atoms with E-state index in [1.807, 2.05) is 21.9 Å². The van der Waals surface area contributed by atoms with E-state index >= 15 is 0 Å². The number of nitrogen functional groups attached to an aromatic ring is 1. The van der Waals surface area contributed by atoms with E-state index < -0.39 is 0 Å². The Bertz CT molecular complexity index is 740. The minimum atomic E-state index is -0.0367. The van der Waals surface area contributed by atoms with Gasteiger partial charge in [0.15, 0.2) is 0 Å². The van der Waals surface area contributed by atoms with E-state index in [2.05, 4.69) is 13.8 Å². The maximum absolute atomic E-state index is 13.0. The Balaban J connectivity index is 1.39. The van der Waals surface area contributed by atoms with E-state index in [9.17, 15) is 9.59 Å². The number of amides is 2. The second kappa shape index (κ2) is 7.15. The number of carbonyl (C=O) groups is 2. The van der Waals surface area contributed by atoms with Crippen LogP contribution in [0, 0.1) is 5.92 Å². The number of hydrogen-bond acceptors (Lipinski definition) is 4. The number of nitrogens with two attached hydrogens (primary N) is 1. The molecule has 6 nitrogen and oxygen atoms in total. The van der Waals surface area contributed by atoms with Crippen LogP contribution in [0.1, 0.15) is 54.9 Å². The summed E-state index contributed by atoms with van der Waals surface area (Å²) < 4.78 is 5.83. The number of benzene rings is 1. The first-order valence-corrected chi connectivity index (χ1v) is 10.1. The number of rotatable bonds is 3. The predicted octanol–water partition coefficient (Wildman–Crippen LogP) is 2.24. The summed E-state index contributed by atoms with van der Waals surface area (Å²) in [6.45, 7) is 6.42. The van der Waals surface area contributed by atoms with Gasteiger partial charge in [-0.2, -0.15) is 0 Å². The second-order valence-electron chi connectivity index (χ2n) is 8.30. The SMILES string of the molecule is CC(C)c1cccc(C(=O)N2CCN(C(=O)C3CC4CCC3O4)CC2)c1N. The molecule has 2 N–H and O–H groups in total. The van der Waals surface area contributed by atoms with Crippen LogP contribution in [0.3, 0.4) is 0 Å². The first-order valence-electron chi connectivity index (χ1n) is 10.1. The number of piperazine rings is 1. The molecule has 3 saturated heterocycles. The summed E-state index contributed by atoms with van der Waals surface area (Å²) in [5, 5.41) is 0. The molecule has 0 aliphatic carbocycles. The van der Waals surface area contributed by atoms with Gasteiger partial charge in [0.05, 0.1) is 23.7 Å². The fraction of sp³-hybridized carbons (Fsp3) is 0.619. The minimum Gasteiger partial charge on any atom is -0.398 e. The standard InChI is InChI=1S/C21H29N3O3/c1-13(2)15-4-3-5-16(19(15)22)20(25)23-8-10-24(11-9-23)21(26)17-12-14-6-7-18(17)27-14/h3-5,13-14,17-18H,6-12,22H2,1-2H3. The summed E-state index contributed by atoms with van der Waals surface area (Å²) >= 11 is 0. The third-order valence-electron chi connectivity index (χ3n) is 6.29. The maximum Gasteiger partial charge on any atom is 0.256 e. The van der Waals surface area contributed by atoms with Crippen LogP contribution in [-0.4, -0.2) is 60.0 Å². The largest absolute Gasteiger partial charge is 0.398 e. The molecule has 0 spiro atoms. The van der Waals surface area contributed by atoms with E-state index in [1.165, 1.54) is 0 Å². The highest BCUT2D eigenvalue weighted by Crippen LogP contribution is 2.39. The van der Waals surface area contributed by atoms with Gasteiger partial charge >= 0.3 is 0 Å². The van der Waals surface area contributed by atoms with Crippen LogP contribution >= 0.6 is 0 Å². The summed E-state index contributed by atoms with van der Waals surface area (Å²) in [7, 11) is 0. The molecule has 2 bridgehead atoms.